The van der Waals surface area contributed by atoms with Gasteiger partial charge in [0.15, 0.2) is 0 Å². The quantitative estimate of drug-likeness (QED) is 0.856. The summed E-state index contributed by atoms with van der Waals surface area (Å²) in [5.41, 5.74) is 8.75. The molecule has 2 heterocycles. The molecule has 2 N–H and O–H groups in total. The van der Waals surface area contributed by atoms with Gasteiger partial charge in [-0.05, 0) is 36.4 Å². The van der Waals surface area contributed by atoms with Gasteiger partial charge in [0.2, 0.25) is 0 Å². The van der Waals surface area contributed by atoms with Crippen LogP contribution < -0.4 is 25.2 Å². The van der Waals surface area contributed by atoms with E-state index >= 15 is 0 Å². The Kier molecular flexibility index (Phi) is 5.25. The summed E-state index contributed by atoms with van der Waals surface area (Å²) in [6.07, 6.45) is -0.552. The van der Waals surface area contributed by atoms with Crippen LogP contribution >= 0.6 is 0 Å². The molecule has 0 spiro atoms. The highest BCUT2D eigenvalue weighted by atomic mass is 16.6. The van der Waals surface area contributed by atoms with Crippen LogP contribution in [0.3, 0.4) is 0 Å². The van der Waals surface area contributed by atoms with Gasteiger partial charge in [-0.1, -0.05) is 12.1 Å². The van der Waals surface area contributed by atoms with E-state index < -0.39 is 0 Å². The van der Waals surface area contributed by atoms with Gasteiger partial charge in [-0.25, -0.2) is 4.79 Å². The second kappa shape index (κ2) is 7.98. The molecule has 0 aromatic heterocycles. The predicted octanol–water partition coefficient (Wildman–Crippen LogP) is 2.31. The average Bonchev–Trinajstić information content (AvgIpc) is 3.15. The Morgan fingerprint density at radius 2 is 1.64 bits per heavy atom. The van der Waals surface area contributed by atoms with E-state index in [1.807, 2.05) is 30.3 Å². The summed E-state index contributed by atoms with van der Waals surface area (Å²) in [7, 11) is 1.71. The van der Waals surface area contributed by atoms with E-state index in [0.29, 0.717) is 13.1 Å². The summed E-state index contributed by atoms with van der Waals surface area (Å²) in [6, 6.07) is 16.2. The summed E-state index contributed by atoms with van der Waals surface area (Å²) >= 11 is 0. The zero-order chi connectivity index (χ0) is 19.5. The number of nitrogens with two attached hydrogens (primary N) is 1. The number of cyclic esters (lactones) is 1. The highest BCUT2D eigenvalue weighted by molar-refractivity contribution is 5.90. The lowest BCUT2D eigenvalue weighted by Gasteiger charge is -2.38. The molecule has 4 rings (SSSR count). The lowest BCUT2D eigenvalue weighted by atomic mass is 10.2. The Bertz CT molecular complexity index is 819. The molecular formula is C21H26N4O3. The maximum Gasteiger partial charge on any atom is 0.414 e. The molecule has 2 fully saturated rings. The van der Waals surface area contributed by atoms with Crippen LogP contribution in [0.25, 0.3) is 0 Å². The van der Waals surface area contributed by atoms with Crippen molar-refractivity contribution in [2.75, 3.05) is 61.1 Å². The minimum atomic E-state index is -0.325. The number of anilines is 3. The Labute approximate surface area is 165 Å². The Morgan fingerprint density at radius 1 is 1.00 bits per heavy atom. The summed E-state index contributed by atoms with van der Waals surface area (Å²) in [5, 5.41) is 0. The smallest absolute Gasteiger partial charge is 0.414 e. The fourth-order valence-electron chi connectivity index (χ4n) is 3.80. The van der Waals surface area contributed by atoms with E-state index in [9.17, 15) is 4.79 Å². The topological polar surface area (TPSA) is 71.3 Å². The molecule has 28 heavy (non-hydrogen) atoms. The summed E-state index contributed by atoms with van der Waals surface area (Å²) < 4.78 is 10.7. The molecule has 0 bridgehead atoms. The molecule has 2 aromatic rings. The van der Waals surface area contributed by atoms with Crippen LogP contribution in [-0.4, -0.2) is 58.6 Å². The van der Waals surface area contributed by atoms with Gasteiger partial charge < -0.3 is 25.0 Å². The van der Waals surface area contributed by atoms with E-state index in [0.717, 1.165) is 49.0 Å². The minimum absolute atomic E-state index is 0.227. The molecule has 2 aliphatic heterocycles. The zero-order valence-electron chi connectivity index (χ0n) is 16.1. The number of amides is 1. The van der Waals surface area contributed by atoms with Crippen LogP contribution in [0.2, 0.25) is 0 Å². The van der Waals surface area contributed by atoms with Gasteiger partial charge >= 0.3 is 6.09 Å². The first-order chi connectivity index (χ1) is 13.7. The van der Waals surface area contributed by atoms with Gasteiger partial charge in [-0.3, -0.25) is 4.90 Å². The number of carbonyl (C=O) groups excluding carboxylic acids is 1. The summed E-state index contributed by atoms with van der Waals surface area (Å²) in [4.78, 5) is 18.3. The average molecular weight is 382 g/mol. The SMILES string of the molecule is COc1ccccc1N1CCN(c2ccc(N3C[C@H](CN)OC3=O)cc2)CC1. The molecule has 0 unspecified atom stereocenters. The van der Waals surface area contributed by atoms with Crippen molar-refractivity contribution in [3.63, 3.8) is 0 Å². The molecule has 0 radical (unpaired) electrons. The fraction of sp³-hybridized carbons (Fsp3) is 0.381. The van der Waals surface area contributed by atoms with Gasteiger partial charge in [0.25, 0.3) is 0 Å². The Morgan fingerprint density at radius 3 is 2.29 bits per heavy atom. The Hall–Kier alpha value is -2.93. The molecule has 148 valence electrons. The van der Waals surface area contributed by atoms with Crippen molar-refractivity contribution in [3.8, 4) is 5.75 Å². The largest absolute Gasteiger partial charge is 0.495 e. The second-order valence-corrected chi connectivity index (χ2v) is 7.01. The molecule has 0 saturated carbocycles. The van der Waals surface area contributed by atoms with Crippen LogP contribution in [0, 0.1) is 0 Å². The summed E-state index contributed by atoms with van der Waals surface area (Å²) in [5.74, 6) is 0.911. The first-order valence-electron chi connectivity index (χ1n) is 9.61. The second-order valence-electron chi connectivity index (χ2n) is 7.01. The van der Waals surface area contributed by atoms with Crippen LogP contribution in [0.1, 0.15) is 0 Å². The fourth-order valence-corrected chi connectivity index (χ4v) is 3.80. The number of carbonyl (C=O) groups is 1. The van der Waals surface area contributed by atoms with E-state index in [-0.39, 0.29) is 12.2 Å². The van der Waals surface area contributed by atoms with Crippen LogP contribution in [0.5, 0.6) is 5.75 Å². The standard InChI is InChI=1S/C21H26N4O3/c1-27-20-5-3-2-4-19(20)24-12-10-23(11-13-24)16-6-8-17(9-7-16)25-15-18(14-22)28-21(25)26/h2-9,18H,10-15,22H2,1H3/t18-/m0/s1. The zero-order valence-corrected chi connectivity index (χ0v) is 16.1. The van der Waals surface area contributed by atoms with Gasteiger partial charge in [0, 0.05) is 44.1 Å². The number of piperazine rings is 1. The molecule has 1 atom stereocenters. The molecule has 2 aliphatic rings. The van der Waals surface area contributed by atoms with Crippen molar-refractivity contribution in [2.45, 2.75) is 6.10 Å². The monoisotopic (exact) mass is 382 g/mol. The van der Waals surface area contributed by atoms with Crippen molar-refractivity contribution in [2.24, 2.45) is 5.73 Å². The maximum atomic E-state index is 12.0. The van der Waals surface area contributed by atoms with Crippen molar-refractivity contribution in [1.82, 2.24) is 0 Å². The first kappa shape index (κ1) is 18.4. The van der Waals surface area contributed by atoms with E-state index in [1.165, 1.54) is 0 Å². The van der Waals surface area contributed by atoms with Crippen LogP contribution in [0.4, 0.5) is 21.9 Å². The number of hydrogen-bond acceptors (Lipinski definition) is 6. The molecule has 0 aliphatic carbocycles. The third-order valence-corrected chi connectivity index (χ3v) is 5.37. The van der Waals surface area contributed by atoms with Crippen LogP contribution in [-0.2, 0) is 4.74 Å². The highest BCUT2D eigenvalue weighted by Gasteiger charge is 2.31. The normalized spacial score (nSPS) is 19.7. The lowest BCUT2D eigenvalue weighted by molar-refractivity contribution is 0.145. The predicted molar refractivity (Wildman–Crippen MR) is 111 cm³/mol. The van der Waals surface area contributed by atoms with Crippen LogP contribution in [0.15, 0.2) is 48.5 Å². The molecule has 7 heteroatoms. The van der Waals surface area contributed by atoms with E-state index in [4.69, 9.17) is 15.2 Å². The number of nitrogens with zero attached hydrogens (tertiary/aromatic N) is 3. The third kappa shape index (κ3) is 3.57. The van der Waals surface area contributed by atoms with E-state index in [2.05, 4.69) is 28.0 Å². The van der Waals surface area contributed by atoms with Gasteiger partial charge in [-0.2, -0.15) is 0 Å². The van der Waals surface area contributed by atoms with Crippen molar-refractivity contribution < 1.29 is 14.3 Å². The number of para-hydroxylation sites is 2. The van der Waals surface area contributed by atoms with Gasteiger partial charge in [0.05, 0.1) is 19.3 Å². The number of hydrogen-bond donors (Lipinski definition) is 1. The van der Waals surface area contributed by atoms with Crippen molar-refractivity contribution in [1.29, 1.82) is 0 Å². The number of ether oxygens (including phenoxy) is 2. The summed E-state index contributed by atoms with van der Waals surface area (Å²) in [6.45, 7) is 4.57. The molecule has 2 aromatic carbocycles. The van der Waals surface area contributed by atoms with Gasteiger partial charge in [0.1, 0.15) is 11.9 Å². The first-order valence-corrected chi connectivity index (χ1v) is 9.61. The number of methoxy groups -OCH3 is 1. The van der Waals surface area contributed by atoms with Crippen molar-refractivity contribution in [3.05, 3.63) is 48.5 Å². The molecular weight excluding hydrogens is 356 g/mol. The minimum Gasteiger partial charge on any atom is -0.495 e. The molecule has 7 nitrogen and oxygen atoms in total. The number of benzene rings is 2. The third-order valence-electron chi connectivity index (χ3n) is 5.37. The lowest BCUT2D eigenvalue weighted by Crippen LogP contribution is -2.46. The van der Waals surface area contributed by atoms with Gasteiger partial charge in [-0.15, -0.1) is 0 Å². The number of rotatable bonds is 5. The maximum absolute atomic E-state index is 12.0. The van der Waals surface area contributed by atoms with Crippen molar-refractivity contribution >= 4 is 23.2 Å². The molecule has 1 amide bonds. The Balaban J connectivity index is 1.39. The van der Waals surface area contributed by atoms with E-state index in [1.54, 1.807) is 12.0 Å². The molecule has 2 saturated heterocycles. The highest BCUT2D eigenvalue weighted by Crippen LogP contribution is 2.30.